The minimum atomic E-state index is -0.359. The highest BCUT2D eigenvalue weighted by Gasteiger charge is 2.32. The number of aromatic nitrogens is 1. The predicted octanol–water partition coefficient (Wildman–Crippen LogP) is 4.20. The molecule has 0 radical (unpaired) electrons. The fraction of sp³-hybridized carbons (Fsp3) is 0.361. The number of anilines is 2. The molecular formula is C36H39N7O7. The standard InChI is InChI=1S/C36H39N7O7/c1-41-21-24(17-28(41)34(45)40-23-7-8-29-22(15-23)16-32(50-29)36(47)42-12-9-37-10-13-42)39-33(44)6-4-14-49-31-19-27-26(18-30(31)48-2)35(46)43-11-3-5-25(43)20-38-27/h7-8,15-21,25,37H,3-6,9-14H2,1-2H3,(H,39,44)(H,40,45)/t25-/m0/s1. The lowest BCUT2D eigenvalue weighted by Gasteiger charge is -2.26. The molecule has 260 valence electrons. The van der Waals surface area contributed by atoms with Gasteiger partial charge in [0.15, 0.2) is 17.3 Å². The van der Waals surface area contributed by atoms with E-state index >= 15 is 0 Å². The quantitative estimate of drug-likeness (QED) is 0.210. The normalized spacial score (nSPS) is 16.9. The number of methoxy groups -OCH3 is 1. The number of ether oxygens (including phenoxy) is 2. The van der Waals surface area contributed by atoms with Crippen LogP contribution >= 0.6 is 0 Å². The largest absolute Gasteiger partial charge is 0.493 e. The molecule has 4 aromatic rings. The average Bonchev–Trinajstić information content (AvgIpc) is 3.85. The maximum Gasteiger partial charge on any atom is 0.289 e. The fourth-order valence-corrected chi connectivity index (χ4v) is 6.56. The number of piperazine rings is 1. The second-order valence-corrected chi connectivity index (χ2v) is 12.6. The summed E-state index contributed by atoms with van der Waals surface area (Å²) in [4.78, 5) is 60.0. The highest BCUT2D eigenvalue weighted by atomic mass is 16.5. The van der Waals surface area contributed by atoms with Gasteiger partial charge in [-0.2, -0.15) is 0 Å². The number of fused-ring (bicyclic) bond motifs is 3. The van der Waals surface area contributed by atoms with Crippen molar-refractivity contribution in [2.75, 3.05) is 57.1 Å². The van der Waals surface area contributed by atoms with E-state index in [0.29, 0.717) is 76.8 Å². The fourth-order valence-electron chi connectivity index (χ4n) is 6.56. The molecule has 3 N–H and O–H groups in total. The van der Waals surface area contributed by atoms with E-state index in [0.717, 1.165) is 25.9 Å². The van der Waals surface area contributed by atoms with Crippen molar-refractivity contribution in [3.63, 3.8) is 0 Å². The van der Waals surface area contributed by atoms with Crippen molar-refractivity contribution in [1.82, 2.24) is 19.7 Å². The average molecular weight is 682 g/mol. The van der Waals surface area contributed by atoms with E-state index in [9.17, 15) is 19.2 Å². The highest BCUT2D eigenvalue weighted by Crippen LogP contribution is 2.38. The zero-order chi connectivity index (χ0) is 34.8. The van der Waals surface area contributed by atoms with Crippen LogP contribution in [0.25, 0.3) is 11.0 Å². The maximum absolute atomic E-state index is 13.2. The Balaban J connectivity index is 0.917. The van der Waals surface area contributed by atoms with Gasteiger partial charge in [-0.05, 0) is 55.7 Å². The lowest BCUT2D eigenvalue weighted by molar-refractivity contribution is -0.116. The molecule has 14 heteroatoms. The first-order valence-electron chi connectivity index (χ1n) is 16.8. The second-order valence-electron chi connectivity index (χ2n) is 12.6. The molecule has 3 aliphatic heterocycles. The Morgan fingerprint density at radius 1 is 1.02 bits per heavy atom. The van der Waals surface area contributed by atoms with E-state index in [4.69, 9.17) is 13.9 Å². The molecular weight excluding hydrogens is 642 g/mol. The number of amides is 4. The minimum Gasteiger partial charge on any atom is -0.493 e. The summed E-state index contributed by atoms with van der Waals surface area (Å²) in [6.07, 6.45) is 5.95. The first-order valence-corrected chi connectivity index (χ1v) is 16.8. The Labute approximate surface area is 288 Å². The lowest BCUT2D eigenvalue weighted by Crippen LogP contribution is -2.46. The van der Waals surface area contributed by atoms with Gasteiger partial charge >= 0.3 is 0 Å². The van der Waals surface area contributed by atoms with Crippen LogP contribution in [0.4, 0.5) is 17.1 Å². The third kappa shape index (κ3) is 6.79. The Morgan fingerprint density at radius 3 is 2.68 bits per heavy atom. The van der Waals surface area contributed by atoms with E-state index in [1.165, 1.54) is 7.11 Å². The maximum atomic E-state index is 13.2. The highest BCUT2D eigenvalue weighted by molar-refractivity contribution is 6.06. The second kappa shape index (κ2) is 14.1. The summed E-state index contributed by atoms with van der Waals surface area (Å²) in [6, 6.07) is 11.9. The number of nitrogens with one attached hydrogen (secondary N) is 3. The Morgan fingerprint density at radius 2 is 1.86 bits per heavy atom. The summed E-state index contributed by atoms with van der Waals surface area (Å²) in [6.45, 7) is 3.68. The van der Waals surface area contributed by atoms with Crippen molar-refractivity contribution in [3.05, 3.63) is 65.7 Å². The number of hydrogen-bond donors (Lipinski definition) is 3. The SMILES string of the molecule is COc1cc2c(cc1OCCCC(=O)Nc1cc(C(=O)Nc3ccc4oc(C(=O)N5CCNCC5)cc4c3)n(C)c1)N=C[C@@H]1CCCN1C2=O. The number of carbonyl (C=O) groups is 4. The molecule has 0 saturated carbocycles. The van der Waals surface area contributed by atoms with Crippen LogP contribution in [0.3, 0.4) is 0 Å². The molecule has 2 aromatic heterocycles. The Kier molecular flexibility index (Phi) is 9.26. The first-order chi connectivity index (χ1) is 24.3. The van der Waals surface area contributed by atoms with Crippen LogP contribution in [0.1, 0.15) is 57.1 Å². The van der Waals surface area contributed by atoms with Gasteiger partial charge < -0.3 is 44.2 Å². The van der Waals surface area contributed by atoms with Crippen LogP contribution in [0.2, 0.25) is 0 Å². The predicted molar refractivity (Wildman–Crippen MR) is 187 cm³/mol. The molecule has 5 heterocycles. The van der Waals surface area contributed by atoms with Crippen molar-refractivity contribution in [1.29, 1.82) is 0 Å². The van der Waals surface area contributed by atoms with Gasteiger partial charge in [0.1, 0.15) is 11.3 Å². The van der Waals surface area contributed by atoms with Gasteiger partial charge in [-0.3, -0.25) is 24.2 Å². The molecule has 0 bridgehead atoms. The summed E-state index contributed by atoms with van der Waals surface area (Å²) < 4.78 is 18.9. The van der Waals surface area contributed by atoms with E-state index < -0.39 is 0 Å². The molecule has 0 aliphatic carbocycles. The molecule has 2 fully saturated rings. The molecule has 50 heavy (non-hydrogen) atoms. The van der Waals surface area contributed by atoms with Gasteiger partial charge in [-0.1, -0.05) is 0 Å². The van der Waals surface area contributed by atoms with Crippen molar-refractivity contribution in [2.45, 2.75) is 31.7 Å². The molecule has 2 aromatic carbocycles. The van der Waals surface area contributed by atoms with Crippen LogP contribution in [-0.4, -0.2) is 96.7 Å². The Hall–Kier alpha value is -5.63. The van der Waals surface area contributed by atoms with Crippen LogP contribution in [0.5, 0.6) is 11.5 Å². The number of carbonyl (C=O) groups excluding carboxylic acids is 4. The smallest absolute Gasteiger partial charge is 0.289 e. The van der Waals surface area contributed by atoms with E-state index in [-0.39, 0.29) is 48.5 Å². The summed E-state index contributed by atoms with van der Waals surface area (Å²) in [7, 11) is 3.24. The molecule has 4 amide bonds. The van der Waals surface area contributed by atoms with Gasteiger partial charge in [-0.15, -0.1) is 0 Å². The van der Waals surface area contributed by atoms with Gasteiger partial charge in [0.2, 0.25) is 5.91 Å². The number of aliphatic imine (C=N–C) groups is 1. The van der Waals surface area contributed by atoms with Crippen LogP contribution in [-0.2, 0) is 11.8 Å². The third-order valence-corrected chi connectivity index (χ3v) is 9.17. The van der Waals surface area contributed by atoms with Gasteiger partial charge in [0, 0.05) is 75.7 Å². The third-order valence-electron chi connectivity index (χ3n) is 9.17. The number of furan rings is 1. The molecule has 7 rings (SSSR count). The lowest BCUT2D eigenvalue weighted by atomic mass is 10.1. The van der Waals surface area contributed by atoms with Crippen molar-refractivity contribution in [3.8, 4) is 11.5 Å². The molecule has 2 saturated heterocycles. The van der Waals surface area contributed by atoms with E-state index in [1.807, 2.05) is 11.1 Å². The number of nitrogens with zero attached hydrogens (tertiary/aromatic N) is 4. The molecule has 1 atom stereocenters. The van der Waals surface area contributed by atoms with Gasteiger partial charge in [0.25, 0.3) is 17.7 Å². The van der Waals surface area contributed by atoms with Gasteiger partial charge in [0.05, 0.1) is 36.7 Å². The molecule has 3 aliphatic rings. The zero-order valence-corrected chi connectivity index (χ0v) is 28.0. The summed E-state index contributed by atoms with van der Waals surface area (Å²) >= 11 is 0. The van der Waals surface area contributed by atoms with Crippen molar-refractivity contribution >= 4 is 57.9 Å². The summed E-state index contributed by atoms with van der Waals surface area (Å²) in [5.41, 5.74) is 2.95. The zero-order valence-electron chi connectivity index (χ0n) is 28.0. The monoisotopic (exact) mass is 681 g/mol. The number of hydrogen-bond acceptors (Lipinski definition) is 9. The minimum absolute atomic E-state index is 0.00632. The summed E-state index contributed by atoms with van der Waals surface area (Å²) in [5, 5.41) is 9.66. The van der Waals surface area contributed by atoms with Crippen LogP contribution in [0, 0.1) is 0 Å². The van der Waals surface area contributed by atoms with Crippen molar-refractivity contribution in [2.24, 2.45) is 12.0 Å². The van der Waals surface area contributed by atoms with E-state index in [2.05, 4.69) is 20.9 Å². The molecule has 14 nitrogen and oxygen atoms in total. The number of aryl methyl sites for hydroxylation is 1. The van der Waals surface area contributed by atoms with Crippen molar-refractivity contribution < 1.29 is 33.1 Å². The van der Waals surface area contributed by atoms with Crippen LogP contribution in [0.15, 0.2) is 58.1 Å². The molecule has 0 spiro atoms. The molecule has 0 unspecified atom stereocenters. The summed E-state index contributed by atoms with van der Waals surface area (Å²) in [5.74, 6) is 0.343. The number of benzene rings is 2. The first kappa shape index (κ1) is 32.9. The van der Waals surface area contributed by atoms with Gasteiger partial charge in [-0.25, -0.2) is 0 Å². The number of rotatable bonds is 10. The Bertz CT molecular complexity index is 1990. The topological polar surface area (TPSA) is 160 Å². The van der Waals surface area contributed by atoms with Crippen LogP contribution < -0.4 is 25.4 Å². The van der Waals surface area contributed by atoms with E-state index in [1.54, 1.807) is 65.2 Å².